The van der Waals surface area contributed by atoms with Crippen LogP contribution in [0.25, 0.3) is 0 Å². The van der Waals surface area contributed by atoms with Crippen LogP contribution in [0.1, 0.15) is 11.1 Å². The van der Waals surface area contributed by atoms with Gasteiger partial charge in [0.15, 0.2) is 0 Å². The van der Waals surface area contributed by atoms with E-state index in [1.165, 1.54) is 11.1 Å². The van der Waals surface area contributed by atoms with Gasteiger partial charge in [-0.2, -0.15) is 0 Å². The predicted molar refractivity (Wildman–Crippen MR) is 61.9 cm³/mol. The Labute approximate surface area is 91.3 Å². The quantitative estimate of drug-likeness (QED) is 0.772. The Morgan fingerprint density at radius 2 is 1.79 bits per heavy atom. The van der Waals surface area contributed by atoms with E-state index in [9.17, 15) is 0 Å². The summed E-state index contributed by atoms with van der Waals surface area (Å²) in [6.45, 7) is 0.707. The van der Waals surface area contributed by atoms with Crippen molar-refractivity contribution in [1.82, 2.24) is 5.32 Å². The highest BCUT2D eigenvalue weighted by Crippen LogP contribution is 2.28. The second-order valence-corrected chi connectivity index (χ2v) is 3.86. The van der Waals surface area contributed by atoms with E-state index < -0.39 is 0 Å². The second-order valence-electron chi connectivity index (χ2n) is 3.86. The van der Waals surface area contributed by atoms with Crippen LogP contribution in [-0.2, 0) is 12.8 Å². The van der Waals surface area contributed by atoms with Crippen LogP contribution in [0.4, 0.5) is 0 Å². The van der Waals surface area contributed by atoms with E-state index in [4.69, 9.17) is 5.73 Å². The fraction of sp³-hybridized carbons (Fsp3) is 0.455. The monoisotopic (exact) mass is 212 g/mol. The molecule has 14 heavy (non-hydrogen) atoms. The highest BCUT2D eigenvalue weighted by molar-refractivity contribution is 5.85. The lowest BCUT2D eigenvalue weighted by Crippen LogP contribution is -2.50. The molecule has 0 aromatic heterocycles. The van der Waals surface area contributed by atoms with Gasteiger partial charge in [-0.15, -0.1) is 12.4 Å². The Bertz CT molecular complexity index is 281. The number of hydrogen-bond acceptors (Lipinski definition) is 2. The van der Waals surface area contributed by atoms with Crippen molar-refractivity contribution in [3.05, 3.63) is 35.4 Å². The van der Waals surface area contributed by atoms with Gasteiger partial charge in [-0.25, -0.2) is 0 Å². The van der Waals surface area contributed by atoms with Crippen LogP contribution in [0.15, 0.2) is 24.3 Å². The number of benzene rings is 1. The maximum absolute atomic E-state index is 5.80. The van der Waals surface area contributed by atoms with E-state index >= 15 is 0 Å². The normalized spacial score (nSPS) is 17.3. The van der Waals surface area contributed by atoms with Crippen molar-refractivity contribution in [2.45, 2.75) is 18.4 Å². The Morgan fingerprint density at radius 1 is 1.29 bits per heavy atom. The highest BCUT2D eigenvalue weighted by atomic mass is 35.5. The molecule has 0 amide bonds. The molecule has 2 nitrogen and oxygen atoms in total. The summed E-state index contributed by atoms with van der Waals surface area (Å²) in [5.74, 6) is 0. The molecule has 2 rings (SSSR count). The van der Waals surface area contributed by atoms with E-state index in [1.807, 2.05) is 7.05 Å². The van der Waals surface area contributed by atoms with Gasteiger partial charge in [0, 0.05) is 12.1 Å². The summed E-state index contributed by atoms with van der Waals surface area (Å²) in [5, 5.41) is 3.35. The van der Waals surface area contributed by atoms with Gasteiger partial charge in [0.2, 0.25) is 0 Å². The molecular weight excluding hydrogens is 196 g/mol. The molecule has 0 radical (unpaired) electrons. The molecule has 78 valence electrons. The molecule has 1 aliphatic rings. The van der Waals surface area contributed by atoms with E-state index in [0.717, 1.165) is 12.8 Å². The molecule has 1 aromatic rings. The summed E-state index contributed by atoms with van der Waals surface area (Å²) in [6.07, 6.45) is 2.13. The molecule has 0 aliphatic heterocycles. The highest BCUT2D eigenvalue weighted by Gasteiger charge is 2.33. The number of hydrogen-bond donors (Lipinski definition) is 2. The second kappa shape index (κ2) is 4.30. The van der Waals surface area contributed by atoms with Crippen molar-refractivity contribution in [3.8, 4) is 0 Å². The average molecular weight is 213 g/mol. The summed E-state index contributed by atoms with van der Waals surface area (Å²) in [4.78, 5) is 0. The molecule has 0 saturated heterocycles. The van der Waals surface area contributed by atoms with Gasteiger partial charge in [-0.3, -0.25) is 0 Å². The van der Waals surface area contributed by atoms with Crippen molar-refractivity contribution < 1.29 is 0 Å². The van der Waals surface area contributed by atoms with Crippen LogP contribution in [0, 0.1) is 0 Å². The van der Waals surface area contributed by atoms with Gasteiger partial charge in [-0.1, -0.05) is 24.3 Å². The van der Waals surface area contributed by atoms with Crippen LogP contribution >= 0.6 is 12.4 Å². The first-order chi connectivity index (χ1) is 6.29. The third-order valence-electron chi connectivity index (χ3n) is 3.10. The van der Waals surface area contributed by atoms with E-state index in [-0.39, 0.29) is 17.9 Å². The third kappa shape index (κ3) is 1.78. The van der Waals surface area contributed by atoms with Crippen LogP contribution < -0.4 is 11.1 Å². The summed E-state index contributed by atoms with van der Waals surface area (Å²) in [5.41, 5.74) is 8.80. The minimum Gasteiger partial charge on any atom is -0.329 e. The number of fused-ring (bicyclic) bond motifs is 1. The van der Waals surface area contributed by atoms with Crippen molar-refractivity contribution in [2.24, 2.45) is 5.73 Å². The van der Waals surface area contributed by atoms with E-state index in [1.54, 1.807) is 0 Å². The summed E-state index contributed by atoms with van der Waals surface area (Å²) in [6, 6.07) is 8.59. The molecule has 0 spiro atoms. The molecule has 0 atom stereocenters. The largest absolute Gasteiger partial charge is 0.329 e. The number of halogens is 1. The summed E-state index contributed by atoms with van der Waals surface area (Å²) >= 11 is 0. The molecular formula is C11H17ClN2. The van der Waals surface area contributed by atoms with Crippen LogP contribution in [0.5, 0.6) is 0 Å². The van der Waals surface area contributed by atoms with Crippen LogP contribution in [-0.4, -0.2) is 19.1 Å². The molecule has 3 N–H and O–H groups in total. The van der Waals surface area contributed by atoms with Crippen molar-refractivity contribution >= 4 is 12.4 Å². The topological polar surface area (TPSA) is 38.0 Å². The first-order valence-electron chi connectivity index (χ1n) is 4.75. The molecule has 3 heteroatoms. The van der Waals surface area contributed by atoms with Gasteiger partial charge in [0.05, 0.1) is 0 Å². The molecule has 0 heterocycles. The van der Waals surface area contributed by atoms with Gasteiger partial charge in [-0.05, 0) is 31.0 Å². The maximum atomic E-state index is 5.80. The standard InChI is InChI=1S/C11H16N2.ClH/c1-13-11(8-12)6-9-4-2-3-5-10(9)7-11;/h2-5,13H,6-8,12H2,1H3;1H. The fourth-order valence-electron chi connectivity index (χ4n) is 2.12. The molecule has 0 unspecified atom stereocenters. The molecule has 1 aromatic carbocycles. The molecule has 0 bridgehead atoms. The minimum atomic E-state index is 0. The molecule has 1 aliphatic carbocycles. The van der Waals surface area contributed by atoms with Crippen molar-refractivity contribution in [2.75, 3.05) is 13.6 Å². The predicted octanol–water partition coefficient (Wildman–Crippen LogP) is 1.12. The van der Waals surface area contributed by atoms with E-state index in [0.29, 0.717) is 6.54 Å². The number of likely N-dealkylation sites (N-methyl/N-ethyl adjacent to an activating group) is 1. The Kier molecular flexibility index (Phi) is 3.53. The van der Waals surface area contributed by atoms with Crippen molar-refractivity contribution in [3.63, 3.8) is 0 Å². The lowest BCUT2D eigenvalue weighted by molar-refractivity contribution is 0.378. The van der Waals surface area contributed by atoms with Crippen molar-refractivity contribution in [1.29, 1.82) is 0 Å². The van der Waals surface area contributed by atoms with Gasteiger partial charge >= 0.3 is 0 Å². The molecule has 0 fully saturated rings. The van der Waals surface area contributed by atoms with Crippen LogP contribution in [0.3, 0.4) is 0 Å². The third-order valence-corrected chi connectivity index (χ3v) is 3.10. The lowest BCUT2D eigenvalue weighted by Gasteiger charge is -2.26. The Balaban J connectivity index is 0.000000980. The first kappa shape index (κ1) is 11.5. The molecule has 0 saturated carbocycles. The fourth-order valence-corrected chi connectivity index (χ4v) is 2.12. The van der Waals surface area contributed by atoms with E-state index in [2.05, 4.69) is 29.6 Å². The summed E-state index contributed by atoms with van der Waals surface area (Å²) in [7, 11) is 2.00. The smallest absolute Gasteiger partial charge is 0.0382 e. The van der Waals surface area contributed by atoms with Gasteiger partial charge in [0.1, 0.15) is 0 Å². The summed E-state index contributed by atoms with van der Waals surface area (Å²) < 4.78 is 0. The minimum absolute atomic E-state index is 0. The first-order valence-corrected chi connectivity index (χ1v) is 4.75. The zero-order valence-corrected chi connectivity index (χ0v) is 9.23. The lowest BCUT2D eigenvalue weighted by atomic mass is 9.96. The number of nitrogens with one attached hydrogen (secondary N) is 1. The van der Waals surface area contributed by atoms with Gasteiger partial charge in [0.25, 0.3) is 0 Å². The average Bonchev–Trinajstić information content (AvgIpc) is 2.57. The van der Waals surface area contributed by atoms with Gasteiger partial charge < -0.3 is 11.1 Å². The SMILES string of the molecule is CNC1(CN)Cc2ccccc2C1.Cl. The van der Waals surface area contributed by atoms with Crippen LogP contribution in [0.2, 0.25) is 0 Å². The number of nitrogens with two attached hydrogens (primary N) is 1. The maximum Gasteiger partial charge on any atom is 0.0382 e. The number of rotatable bonds is 2. The Morgan fingerprint density at radius 3 is 2.14 bits per heavy atom. The zero-order chi connectivity index (χ0) is 9.31. The Hall–Kier alpha value is -0.570. The zero-order valence-electron chi connectivity index (χ0n) is 8.42.